The van der Waals surface area contributed by atoms with Crippen molar-refractivity contribution < 1.29 is 4.79 Å². The number of benzene rings is 1. The molecule has 1 aromatic carbocycles. The molecule has 0 radical (unpaired) electrons. The fourth-order valence-electron chi connectivity index (χ4n) is 1.06. The van der Waals surface area contributed by atoms with Gasteiger partial charge >= 0.3 is 0 Å². The summed E-state index contributed by atoms with van der Waals surface area (Å²) in [6.07, 6.45) is 0.468. The van der Waals surface area contributed by atoms with E-state index in [0.29, 0.717) is 11.4 Å². The number of hydrogen-bond donors (Lipinski definition) is 0. The molecule has 1 rings (SSSR count). The van der Waals surface area contributed by atoms with Crippen molar-refractivity contribution in [3.63, 3.8) is 0 Å². The largest absolute Gasteiger partial charge is 0.299 e. The summed E-state index contributed by atoms with van der Waals surface area (Å²) in [6, 6.07) is 5.49. The fourth-order valence-corrected chi connectivity index (χ4v) is 1.88. The average Bonchev–Trinajstić information content (AvgIpc) is 2.09. The molecule has 1 aromatic rings. The van der Waals surface area contributed by atoms with Crippen molar-refractivity contribution in [2.24, 2.45) is 5.92 Å². The zero-order chi connectivity index (χ0) is 10.7. The summed E-state index contributed by atoms with van der Waals surface area (Å²) in [5.74, 6) is 0.325. The summed E-state index contributed by atoms with van der Waals surface area (Å²) in [4.78, 5) is 11.5. The van der Waals surface area contributed by atoms with Crippen LogP contribution < -0.4 is 0 Å². The van der Waals surface area contributed by atoms with E-state index in [9.17, 15) is 4.79 Å². The predicted octanol–water partition coefficient (Wildman–Crippen LogP) is 3.87. The minimum absolute atomic E-state index is 0.0811. The molecule has 0 aliphatic carbocycles. The summed E-state index contributed by atoms with van der Waals surface area (Å²) in [6.45, 7) is 3.82. The van der Waals surface area contributed by atoms with Gasteiger partial charge in [0.1, 0.15) is 5.78 Å². The van der Waals surface area contributed by atoms with Crippen LogP contribution in [0.5, 0.6) is 0 Å². The van der Waals surface area contributed by atoms with E-state index in [-0.39, 0.29) is 11.7 Å². The summed E-state index contributed by atoms with van der Waals surface area (Å²) in [7, 11) is 0. The molecule has 0 saturated heterocycles. The molecule has 0 fully saturated rings. The highest BCUT2D eigenvalue weighted by molar-refractivity contribution is 9.10. The van der Waals surface area contributed by atoms with E-state index >= 15 is 0 Å². The van der Waals surface area contributed by atoms with Crippen LogP contribution in [0.4, 0.5) is 0 Å². The van der Waals surface area contributed by atoms with Gasteiger partial charge in [-0.3, -0.25) is 4.79 Å². The Morgan fingerprint density at radius 1 is 1.50 bits per heavy atom. The Morgan fingerprint density at radius 3 is 2.64 bits per heavy atom. The first-order valence-corrected chi connectivity index (χ1v) is 5.64. The Labute approximate surface area is 97.6 Å². The van der Waals surface area contributed by atoms with E-state index in [2.05, 4.69) is 15.9 Å². The third-order valence-corrected chi connectivity index (χ3v) is 3.00. The molecule has 3 heteroatoms. The van der Waals surface area contributed by atoms with Gasteiger partial charge in [0.2, 0.25) is 0 Å². The maximum absolute atomic E-state index is 11.5. The lowest BCUT2D eigenvalue weighted by Crippen LogP contribution is -2.10. The molecule has 0 atom stereocenters. The summed E-state index contributed by atoms with van der Waals surface area (Å²) in [5.41, 5.74) is 0.994. The van der Waals surface area contributed by atoms with Gasteiger partial charge < -0.3 is 0 Å². The van der Waals surface area contributed by atoms with Crippen LogP contribution in [0, 0.1) is 5.92 Å². The van der Waals surface area contributed by atoms with E-state index in [0.717, 1.165) is 10.0 Å². The normalized spacial score (nSPS) is 10.6. The molecule has 14 heavy (non-hydrogen) atoms. The lowest BCUT2D eigenvalue weighted by atomic mass is 10.0. The van der Waals surface area contributed by atoms with Crippen molar-refractivity contribution in [3.05, 3.63) is 33.3 Å². The maximum atomic E-state index is 11.5. The van der Waals surface area contributed by atoms with Gasteiger partial charge in [0.15, 0.2) is 0 Å². The van der Waals surface area contributed by atoms with Gasteiger partial charge in [0, 0.05) is 21.8 Å². The monoisotopic (exact) mass is 274 g/mol. The van der Waals surface area contributed by atoms with Crippen molar-refractivity contribution in [2.45, 2.75) is 20.3 Å². The quantitative estimate of drug-likeness (QED) is 0.818. The second-order valence-electron chi connectivity index (χ2n) is 3.53. The molecule has 0 aromatic heterocycles. The van der Waals surface area contributed by atoms with E-state index in [1.165, 1.54) is 0 Å². The third-order valence-electron chi connectivity index (χ3n) is 2.02. The van der Waals surface area contributed by atoms with Crippen LogP contribution >= 0.6 is 27.5 Å². The molecule has 0 N–H and O–H groups in total. The maximum Gasteiger partial charge on any atom is 0.139 e. The van der Waals surface area contributed by atoms with Gasteiger partial charge in [-0.25, -0.2) is 0 Å². The van der Waals surface area contributed by atoms with Crippen LogP contribution in [0.15, 0.2) is 22.7 Å². The van der Waals surface area contributed by atoms with Gasteiger partial charge in [0.25, 0.3) is 0 Å². The van der Waals surface area contributed by atoms with Crippen molar-refractivity contribution >= 4 is 33.3 Å². The zero-order valence-electron chi connectivity index (χ0n) is 8.18. The van der Waals surface area contributed by atoms with Gasteiger partial charge in [-0.1, -0.05) is 47.4 Å². The van der Waals surface area contributed by atoms with Crippen LogP contribution in [-0.4, -0.2) is 5.78 Å². The number of rotatable bonds is 3. The molecule has 0 amide bonds. The van der Waals surface area contributed by atoms with Crippen LogP contribution in [0.1, 0.15) is 19.4 Å². The number of ketones is 1. The SMILES string of the molecule is CC(C)C(=O)Cc1ccc(Cl)cc1Br. The van der Waals surface area contributed by atoms with Crippen molar-refractivity contribution in [2.75, 3.05) is 0 Å². The van der Waals surface area contributed by atoms with E-state index in [1.54, 1.807) is 6.07 Å². The van der Waals surface area contributed by atoms with Crippen LogP contribution in [0.25, 0.3) is 0 Å². The first kappa shape index (κ1) is 11.7. The molecule has 0 heterocycles. The van der Waals surface area contributed by atoms with Gasteiger partial charge in [0.05, 0.1) is 0 Å². The Kier molecular flexibility index (Phi) is 4.14. The average molecular weight is 276 g/mol. The number of carbonyl (C=O) groups excluding carboxylic acids is 1. The molecular weight excluding hydrogens is 263 g/mol. The highest BCUT2D eigenvalue weighted by Gasteiger charge is 2.10. The first-order valence-electron chi connectivity index (χ1n) is 4.47. The van der Waals surface area contributed by atoms with E-state index in [1.807, 2.05) is 26.0 Å². The second kappa shape index (κ2) is 4.94. The van der Waals surface area contributed by atoms with Gasteiger partial charge in [-0.15, -0.1) is 0 Å². The van der Waals surface area contributed by atoms with Crippen LogP contribution in [-0.2, 0) is 11.2 Å². The molecule has 0 spiro atoms. The number of halogens is 2. The summed E-state index contributed by atoms with van der Waals surface area (Å²) >= 11 is 9.19. The lowest BCUT2D eigenvalue weighted by Gasteiger charge is -2.06. The molecule has 0 aliphatic heterocycles. The number of Topliss-reactive ketones (excluding diaryl/α,β-unsaturated/α-hetero) is 1. The molecule has 0 unspecified atom stereocenters. The molecule has 0 aliphatic rings. The van der Waals surface area contributed by atoms with Gasteiger partial charge in [-0.2, -0.15) is 0 Å². The van der Waals surface area contributed by atoms with Crippen molar-refractivity contribution in [3.8, 4) is 0 Å². The zero-order valence-corrected chi connectivity index (χ0v) is 10.5. The van der Waals surface area contributed by atoms with E-state index < -0.39 is 0 Å². The molecule has 76 valence electrons. The van der Waals surface area contributed by atoms with E-state index in [4.69, 9.17) is 11.6 Å². The smallest absolute Gasteiger partial charge is 0.139 e. The fraction of sp³-hybridized carbons (Fsp3) is 0.364. The summed E-state index contributed by atoms with van der Waals surface area (Å²) in [5, 5.41) is 0.678. The third kappa shape index (κ3) is 3.10. The van der Waals surface area contributed by atoms with Crippen molar-refractivity contribution in [1.82, 2.24) is 0 Å². The molecule has 0 bridgehead atoms. The molecule has 1 nitrogen and oxygen atoms in total. The number of carbonyl (C=O) groups is 1. The first-order chi connectivity index (χ1) is 6.50. The Hall–Kier alpha value is -0.340. The second-order valence-corrected chi connectivity index (χ2v) is 4.82. The molecular formula is C11H12BrClO. The standard InChI is InChI=1S/C11H12BrClO/c1-7(2)11(14)5-8-3-4-9(13)6-10(8)12/h3-4,6-7H,5H2,1-2H3. The number of hydrogen-bond acceptors (Lipinski definition) is 1. The minimum atomic E-state index is 0.0811. The van der Waals surface area contributed by atoms with Crippen LogP contribution in [0.2, 0.25) is 5.02 Å². The Bertz CT molecular complexity index is 347. The topological polar surface area (TPSA) is 17.1 Å². The Morgan fingerprint density at radius 2 is 2.14 bits per heavy atom. The lowest BCUT2D eigenvalue weighted by molar-refractivity contribution is -0.121. The summed E-state index contributed by atoms with van der Waals surface area (Å²) < 4.78 is 0.902. The predicted molar refractivity (Wildman–Crippen MR) is 62.7 cm³/mol. The van der Waals surface area contributed by atoms with Crippen LogP contribution in [0.3, 0.4) is 0 Å². The molecule has 0 saturated carbocycles. The van der Waals surface area contributed by atoms with Gasteiger partial charge in [-0.05, 0) is 17.7 Å². The minimum Gasteiger partial charge on any atom is -0.299 e. The van der Waals surface area contributed by atoms with Crippen molar-refractivity contribution in [1.29, 1.82) is 0 Å². The highest BCUT2D eigenvalue weighted by Crippen LogP contribution is 2.22. The highest BCUT2D eigenvalue weighted by atomic mass is 79.9. The Balaban J connectivity index is 2.82.